The highest BCUT2D eigenvalue weighted by Crippen LogP contribution is 2.63. The van der Waals surface area contributed by atoms with Crippen molar-refractivity contribution in [2.45, 2.75) is 30.1 Å². The van der Waals surface area contributed by atoms with Gasteiger partial charge < -0.3 is 0 Å². The zero-order valence-electron chi connectivity index (χ0n) is 36.2. The van der Waals surface area contributed by atoms with Crippen molar-refractivity contribution in [3.8, 4) is 56.4 Å². The maximum atomic E-state index is 5.54. The summed E-state index contributed by atoms with van der Waals surface area (Å²) in [7, 11) is 0. The first kappa shape index (κ1) is 37.5. The van der Waals surface area contributed by atoms with Crippen LogP contribution in [0.2, 0.25) is 0 Å². The minimum absolute atomic E-state index is 0.183. The Balaban J connectivity index is 1.08. The summed E-state index contributed by atoms with van der Waals surface area (Å²) in [5, 5.41) is 0. The molecule has 0 amide bonds. The molecule has 0 saturated heterocycles. The van der Waals surface area contributed by atoms with Crippen LogP contribution >= 0.6 is 0 Å². The SMILES string of the molecule is CC1(C)c2ccccc2C2(c3ccccc3-c3c(-c4nc(-c5ccccc5)nc(-c5ccc6c(c5)C(c5ccccc5)(c5ccccc5)c5ccccc5-6)n4)cccc32)c2ccccc21. The van der Waals surface area contributed by atoms with Crippen molar-refractivity contribution in [3.05, 3.63) is 280 Å². The Morgan fingerprint density at radius 1 is 0.277 bits per heavy atom. The minimum Gasteiger partial charge on any atom is -0.208 e. The van der Waals surface area contributed by atoms with Crippen LogP contribution in [0, 0.1) is 0 Å². The van der Waals surface area contributed by atoms with Crippen molar-refractivity contribution < 1.29 is 0 Å². The molecule has 0 atom stereocenters. The Labute approximate surface area is 379 Å². The highest BCUT2D eigenvalue weighted by molar-refractivity contribution is 5.96. The van der Waals surface area contributed by atoms with E-state index in [0.717, 1.165) is 16.7 Å². The summed E-state index contributed by atoms with van der Waals surface area (Å²) in [5.41, 5.74) is 19.2. The lowest BCUT2D eigenvalue weighted by atomic mass is 9.55. The molecular formula is C62H43N3. The molecule has 0 fully saturated rings. The molecule has 1 heterocycles. The number of nitrogens with zero attached hydrogens (tertiary/aromatic N) is 3. The number of fused-ring (bicyclic) bond motifs is 12. The molecule has 9 aromatic carbocycles. The van der Waals surface area contributed by atoms with E-state index in [-0.39, 0.29) is 5.41 Å². The van der Waals surface area contributed by atoms with E-state index in [9.17, 15) is 0 Å². The molecule has 1 aromatic heterocycles. The molecule has 3 aliphatic rings. The van der Waals surface area contributed by atoms with E-state index in [1.165, 1.54) is 77.9 Å². The second-order valence-electron chi connectivity index (χ2n) is 18.2. The molecule has 65 heavy (non-hydrogen) atoms. The van der Waals surface area contributed by atoms with Crippen LogP contribution in [0.1, 0.15) is 69.5 Å². The Morgan fingerprint density at radius 2 is 0.708 bits per heavy atom. The van der Waals surface area contributed by atoms with Crippen molar-refractivity contribution in [2.75, 3.05) is 0 Å². The highest BCUT2D eigenvalue weighted by Gasteiger charge is 2.54. The first-order valence-corrected chi connectivity index (χ1v) is 22.6. The van der Waals surface area contributed by atoms with Crippen molar-refractivity contribution in [1.29, 1.82) is 0 Å². The molecule has 3 aliphatic carbocycles. The van der Waals surface area contributed by atoms with Crippen molar-refractivity contribution >= 4 is 0 Å². The predicted octanol–water partition coefficient (Wildman–Crippen LogP) is 14.2. The van der Waals surface area contributed by atoms with Gasteiger partial charge in [-0.05, 0) is 84.0 Å². The van der Waals surface area contributed by atoms with Crippen LogP contribution in [0.3, 0.4) is 0 Å². The molecule has 0 bridgehead atoms. The van der Waals surface area contributed by atoms with Gasteiger partial charge in [0, 0.05) is 22.1 Å². The summed E-state index contributed by atoms with van der Waals surface area (Å²) in [6, 6.07) is 81.9. The third-order valence-electron chi connectivity index (χ3n) is 14.7. The van der Waals surface area contributed by atoms with Gasteiger partial charge in [0.05, 0.1) is 10.8 Å². The van der Waals surface area contributed by atoms with Crippen molar-refractivity contribution in [2.24, 2.45) is 0 Å². The van der Waals surface area contributed by atoms with Crippen LogP contribution in [0.15, 0.2) is 224 Å². The predicted molar refractivity (Wildman–Crippen MR) is 263 cm³/mol. The normalized spacial score (nSPS) is 15.0. The van der Waals surface area contributed by atoms with E-state index in [4.69, 9.17) is 15.0 Å². The maximum absolute atomic E-state index is 5.54. The van der Waals surface area contributed by atoms with Crippen LogP contribution in [0.4, 0.5) is 0 Å². The Kier molecular flexibility index (Phi) is 8.08. The van der Waals surface area contributed by atoms with Crippen LogP contribution in [0.25, 0.3) is 56.4 Å². The summed E-state index contributed by atoms with van der Waals surface area (Å²) in [6.45, 7) is 4.74. The lowest BCUT2D eigenvalue weighted by molar-refractivity contribution is 0.563. The van der Waals surface area contributed by atoms with Gasteiger partial charge in [-0.1, -0.05) is 232 Å². The van der Waals surface area contributed by atoms with Gasteiger partial charge in [0.1, 0.15) is 0 Å². The molecule has 3 nitrogen and oxygen atoms in total. The van der Waals surface area contributed by atoms with Gasteiger partial charge in [-0.15, -0.1) is 0 Å². The molecule has 0 unspecified atom stereocenters. The van der Waals surface area contributed by atoms with Crippen LogP contribution in [-0.4, -0.2) is 15.0 Å². The van der Waals surface area contributed by atoms with Crippen LogP contribution in [-0.2, 0) is 16.2 Å². The fourth-order valence-corrected chi connectivity index (χ4v) is 12.0. The van der Waals surface area contributed by atoms with Gasteiger partial charge in [-0.25, -0.2) is 15.0 Å². The van der Waals surface area contributed by atoms with Gasteiger partial charge >= 0.3 is 0 Å². The molecular weight excluding hydrogens is 787 g/mol. The first-order valence-electron chi connectivity index (χ1n) is 22.6. The minimum atomic E-state index is -0.554. The van der Waals surface area contributed by atoms with Gasteiger partial charge in [0.25, 0.3) is 0 Å². The molecule has 0 N–H and O–H groups in total. The summed E-state index contributed by atoms with van der Waals surface area (Å²) < 4.78 is 0. The second kappa shape index (κ2) is 14.0. The van der Waals surface area contributed by atoms with Gasteiger partial charge in [0.2, 0.25) is 0 Å². The third-order valence-corrected chi connectivity index (χ3v) is 14.7. The quantitative estimate of drug-likeness (QED) is 0.173. The fraction of sp³-hybridized carbons (Fsp3) is 0.0806. The van der Waals surface area contributed by atoms with Gasteiger partial charge in [0.15, 0.2) is 17.5 Å². The van der Waals surface area contributed by atoms with Gasteiger partial charge in [-0.2, -0.15) is 0 Å². The highest BCUT2D eigenvalue weighted by atomic mass is 15.0. The van der Waals surface area contributed by atoms with E-state index in [2.05, 4.69) is 232 Å². The molecule has 0 radical (unpaired) electrons. The topological polar surface area (TPSA) is 38.7 Å². The van der Waals surface area contributed by atoms with Crippen molar-refractivity contribution in [3.63, 3.8) is 0 Å². The Bertz CT molecular complexity index is 3430. The molecule has 0 aliphatic heterocycles. The van der Waals surface area contributed by atoms with E-state index in [1.54, 1.807) is 0 Å². The van der Waals surface area contributed by atoms with E-state index < -0.39 is 10.8 Å². The lowest BCUT2D eigenvalue weighted by Crippen LogP contribution is -2.40. The largest absolute Gasteiger partial charge is 0.208 e. The Morgan fingerprint density at radius 3 is 1.32 bits per heavy atom. The number of benzene rings is 9. The smallest absolute Gasteiger partial charge is 0.164 e. The standard InChI is InChI=1S/C62H43N3/c1-60(2)50-32-16-18-34-52(50)62(53-35-19-17-33-51(53)60)49-31-15-13-28-46(49)56-47(29-20-36-54(56)62)59-64-57(40-21-6-3-7-22-40)63-58(65-59)41-37-38-45-44-27-12-14-30-48(44)61(55(45)39-41,42-23-8-4-9-24-42)43-25-10-5-11-26-43/h3-39H,1-2H3. The zero-order chi connectivity index (χ0) is 43.3. The van der Waals surface area contributed by atoms with E-state index in [0.29, 0.717) is 17.5 Å². The lowest BCUT2D eigenvalue weighted by Gasteiger charge is -2.46. The summed E-state index contributed by atoms with van der Waals surface area (Å²) >= 11 is 0. The van der Waals surface area contributed by atoms with E-state index >= 15 is 0 Å². The van der Waals surface area contributed by atoms with E-state index in [1.807, 2.05) is 6.07 Å². The molecule has 1 spiro atoms. The summed E-state index contributed by atoms with van der Waals surface area (Å²) in [6.07, 6.45) is 0. The fourth-order valence-electron chi connectivity index (χ4n) is 12.0. The maximum Gasteiger partial charge on any atom is 0.164 e. The van der Waals surface area contributed by atoms with Gasteiger partial charge in [-0.3, -0.25) is 0 Å². The third kappa shape index (κ3) is 5.09. The molecule has 0 saturated carbocycles. The van der Waals surface area contributed by atoms with Crippen LogP contribution < -0.4 is 0 Å². The molecule has 13 rings (SSSR count). The summed E-state index contributed by atoms with van der Waals surface area (Å²) in [5.74, 6) is 1.92. The second-order valence-corrected chi connectivity index (χ2v) is 18.2. The number of hydrogen-bond acceptors (Lipinski definition) is 3. The Hall–Kier alpha value is -8.01. The average molecular weight is 830 g/mol. The number of rotatable bonds is 5. The van der Waals surface area contributed by atoms with Crippen molar-refractivity contribution in [1.82, 2.24) is 15.0 Å². The zero-order valence-corrected chi connectivity index (χ0v) is 36.2. The molecule has 10 aromatic rings. The first-order chi connectivity index (χ1) is 32.0. The number of aromatic nitrogens is 3. The molecule has 306 valence electrons. The summed E-state index contributed by atoms with van der Waals surface area (Å²) in [4.78, 5) is 16.3. The number of hydrogen-bond donors (Lipinski definition) is 0. The monoisotopic (exact) mass is 829 g/mol. The average Bonchev–Trinajstić information content (AvgIpc) is 3.85. The molecule has 3 heteroatoms. The van der Waals surface area contributed by atoms with Crippen LogP contribution in [0.5, 0.6) is 0 Å².